The van der Waals surface area contributed by atoms with Crippen LogP contribution in [0.5, 0.6) is 0 Å². The molecule has 0 fully saturated rings. The number of carbonyl (C=O) groups excluding carboxylic acids is 1. The predicted molar refractivity (Wildman–Crippen MR) is 80.8 cm³/mol. The number of hydrogen-bond donors (Lipinski definition) is 2. The van der Waals surface area contributed by atoms with Gasteiger partial charge < -0.3 is 10.4 Å². The highest BCUT2D eigenvalue weighted by molar-refractivity contribution is 7.99. The van der Waals surface area contributed by atoms with E-state index < -0.39 is 12.0 Å². The first-order valence-corrected chi connectivity index (χ1v) is 7.69. The number of rotatable bonds is 8. The Morgan fingerprint density at radius 3 is 2.45 bits per heavy atom. The summed E-state index contributed by atoms with van der Waals surface area (Å²) in [5.41, 5.74) is 0. The number of carboxylic acid groups (broad SMARTS) is 1. The van der Waals surface area contributed by atoms with Crippen LogP contribution in [0.25, 0.3) is 0 Å². The predicted octanol–water partition coefficient (Wildman–Crippen LogP) is 2.78. The summed E-state index contributed by atoms with van der Waals surface area (Å²) < 4.78 is 0. The molecule has 0 spiro atoms. The lowest BCUT2D eigenvalue weighted by Crippen LogP contribution is -2.44. The summed E-state index contributed by atoms with van der Waals surface area (Å²) in [4.78, 5) is 23.8. The van der Waals surface area contributed by atoms with Gasteiger partial charge in [0.05, 0.1) is 0 Å². The Bertz CT molecular complexity index is 434. The lowest BCUT2D eigenvalue weighted by Gasteiger charge is -2.17. The number of nitrogens with one attached hydrogen (secondary N) is 1. The molecule has 4 nitrogen and oxygen atoms in total. The van der Waals surface area contributed by atoms with Crippen molar-refractivity contribution >= 4 is 23.6 Å². The highest BCUT2D eigenvalue weighted by atomic mass is 32.2. The van der Waals surface area contributed by atoms with Crippen LogP contribution in [0.4, 0.5) is 0 Å². The Balaban J connectivity index is 2.24. The third-order valence-corrected chi connectivity index (χ3v) is 3.91. The molecule has 0 aliphatic rings. The SMILES string of the molecule is CC(C)[C@H](NC(=O)CCCSc1ccccc1)C(=O)O. The van der Waals surface area contributed by atoms with Gasteiger partial charge in [0, 0.05) is 11.3 Å². The van der Waals surface area contributed by atoms with Crippen molar-refractivity contribution in [2.75, 3.05) is 5.75 Å². The maximum absolute atomic E-state index is 11.7. The molecule has 0 saturated heterocycles. The Hall–Kier alpha value is -1.49. The van der Waals surface area contributed by atoms with Gasteiger partial charge in [-0.3, -0.25) is 4.79 Å². The van der Waals surface area contributed by atoms with Crippen LogP contribution >= 0.6 is 11.8 Å². The number of hydrogen-bond acceptors (Lipinski definition) is 3. The highest BCUT2D eigenvalue weighted by Gasteiger charge is 2.22. The van der Waals surface area contributed by atoms with E-state index in [2.05, 4.69) is 5.32 Å². The first-order chi connectivity index (χ1) is 9.50. The molecule has 1 aromatic rings. The van der Waals surface area contributed by atoms with E-state index in [4.69, 9.17) is 5.11 Å². The largest absolute Gasteiger partial charge is 0.480 e. The van der Waals surface area contributed by atoms with Crippen molar-refractivity contribution < 1.29 is 14.7 Å². The quantitative estimate of drug-likeness (QED) is 0.571. The van der Waals surface area contributed by atoms with E-state index in [0.717, 1.165) is 12.2 Å². The zero-order valence-electron chi connectivity index (χ0n) is 11.8. The van der Waals surface area contributed by atoms with E-state index in [1.165, 1.54) is 4.90 Å². The Morgan fingerprint density at radius 1 is 1.25 bits per heavy atom. The van der Waals surface area contributed by atoms with Crippen LogP contribution in [0, 0.1) is 5.92 Å². The number of carboxylic acids is 1. The van der Waals surface area contributed by atoms with Crippen molar-refractivity contribution in [1.82, 2.24) is 5.32 Å². The monoisotopic (exact) mass is 295 g/mol. The third kappa shape index (κ3) is 6.10. The van der Waals surface area contributed by atoms with E-state index in [-0.39, 0.29) is 11.8 Å². The van der Waals surface area contributed by atoms with Crippen LogP contribution in [0.2, 0.25) is 0 Å². The van der Waals surface area contributed by atoms with Crippen molar-refractivity contribution in [1.29, 1.82) is 0 Å². The molecular formula is C15H21NO3S. The summed E-state index contributed by atoms with van der Waals surface area (Å²) in [5.74, 6) is -0.446. The number of amides is 1. The minimum Gasteiger partial charge on any atom is -0.480 e. The molecule has 0 heterocycles. The molecule has 2 N–H and O–H groups in total. The smallest absolute Gasteiger partial charge is 0.326 e. The lowest BCUT2D eigenvalue weighted by atomic mass is 10.0. The van der Waals surface area contributed by atoms with Gasteiger partial charge >= 0.3 is 5.97 Å². The van der Waals surface area contributed by atoms with Gasteiger partial charge in [-0.25, -0.2) is 4.79 Å². The first kappa shape index (κ1) is 16.6. The molecule has 110 valence electrons. The topological polar surface area (TPSA) is 66.4 Å². The van der Waals surface area contributed by atoms with E-state index in [0.29, 0.717) is 6.42 Å². The minimum absolute atomic E-state index is 0.116. The summed E-state index contributed by atoms with van der Waals surface area (Å²) in [7, 11) is 0. The van der Waals surface area contributed by atoms with Gasteiger partial charge in [0.15, 0.2) is 0 Å². The molecular weight excluding hydrogens is 274 g/mol. The van der Waals surface area contributed by atoms with Crippen LogP contribution < -0.4 is 5.32 Å². The van der Waals surface area contributed by atoms with Crippen molar-refractivity contribution in [2.24, 2.45) is 5.92 Å². The summed E-state index contributed by atoms with van der Waals surface area (Å²) in [5, 5.41) is 11.6. The van der Waals surface area contributed by atoms with Crippen LogP contribution in [-0.4, -0.2) is 28.8 Å². The van der Waals surface area contributed by atoms with Gasteiger partial charge in [0.25, 0.3) is 0 Å². The van der Waals surface area contributed by atoms with E-state index in [9.17, 15) is 9.59 Å². The van der Waals surface area contributed by atoms with Gasteiger partial charge in [-0.1, -0.05) is 32.0 Å². The number of benzene rings is 1. The number of thioether (sulfide) groups is 1. The van der Waals surface area contributed by atoms with E-state index in [1.54, 1.807) is 25.6 Å². The fraction of sp³-hybridized carbons (Fsp3) is 0.467. The molecule has 20 heavy (non-hydrogen) atoms. The third-order valence-electron chi connectivity index (χ3n) is 2.81. The highest BCUT2D eigenvalue weighted by Crippen LogP contribution is 2.18. The van der Waals surface area contributed by atoms with Crippen LogP contribution in [0.15, 0.2) is 35.2 Å². The van der Waals surface area contributed by atoms with Crippen molar-refractivity contribution in [2.45, 2.75) is 37.6 Å². The summed E-state index contributed by atoms with van der Waals surface area (Å²) in [6.45, 7) is 3.56. The summed E-state index contributed by atoms with van der Waals surface area (Å²) in [6, 6.07) is 9.19. The standard InChI is InChI=1S/C15H21NO3S/c1-11(2)14(15(18)19)16-13(17)9-6-10-20-12-7-4-3-5-8-12/h3-5,7-8,11,14H,6,9-10H2,1-2H3,(H,16,17)(H,18,19)/t14-/m0/s1. The van der Waals surface area contributed by atoms with Gasteiger partial charge in [-0.15, -0.1) is 11.8 Å². The number of carbonyl (C=O) groups is 2. The van der Waals surface area contributed by atoms with E-state index >= 15 is 0 Å². The Kier molecular flexibility index (Phi) is 7.15. The Labute approximate surface area is 124 Å². The second-order valence-electron chi connectivity index (χ2n) is 4.89. The van der Waals surface area contributed by atoms with Gasteiger partial charge in [0.1, 0.15) is 6.04 Å². The minimum atomic E-state index is -0.980. The summed E-state index contributed by atoms with van der Waals surface area (Å²) in [6.07, 6.45) is 1.09. The van der Waals surface area contributed by atoms with Gasteiger partial charge in [0.2, 0.25) is 5.91 Å². The van der Waals surface area contributed by atoms with Crippen molar-refractivity contribution in [3.8, 4) is 0 Å². The van der Waals surface area contributed by atoms with Crippen molar-refractivity contribution in [3.05, 3.63) is 30.3 Å². The molecule has 5 heteroatoms. The molecule has 0 aliphatic heterocycles. The molecule has 0 aromatic heterocycles. The average Bonchev–Trinajstić information content (AvgIpc) is 2.41. The van der Waals surface area contributed by atoms with Crippen LogP contribution in [0.3, 0.4) is 0 Å². The molecule has 0 radical (unpaired) electrons. The first-order valence-electron chi connectivity index (χ1n) is 6.70. The average molecular weight is 295 g/mol. The van der Waals surface area contributed by atoms with Crippen LogP contribution in [-0.2, 0) is 9.59 Å². The van der Waals surface area contributed by atoms with Crippen molar-refractivity contribution in [3.63, 3.8) is 0 Å². The number of aliphatic carboxylic acids is 1. The molecule has 1 atom stereocenters. The summed E-state index contributed by atoms with van der Waals surface area (Å²) >= 11 is 1.70. The zero-order chi connectivity index (χ0) is 15.0. The maximum Gasteiger partial charge on any atom is 0.326 e. The molecule has 0 aliphatic carbocycles. The second kappa shape index (κ2) is 8.64. The molecule has 1 rings (SSSR count). The van der Waals surface area contributed by atoms with Gasteiger partial charge in [-0.2, -0.15) is 0 Å². The molecule has 1 amide bonds. The normalized spacial score (nSPS) is 12.2. The second-order valence-corrected chi connectivity index (χ2v) is 6.06. The van der Waals surface area contributed by atoms with Crippen LogP contribution in [0.1, 0.15) is 26.7 Å². The lowest BCUT2D eigenvalue weighted by molar-refractivity contribution is -0.143. The molecule has 0 unspecified atom stereocenters. The molecule has 0 bridgehead atoms. The van der Waals surface area contributed by atoms with Gasteiger partial charge in [-0.05, 0) is 30.2 Å². The molecule has 1 aromatic carbocycles. The maximum atomic E-state index is 11.7. The van der Waals surface area contributed by atoms with E-state index in [1.807, 2.05) is 30.3 Å². The fourth-order valence-electron chi connectivity index (χ4n) is 1.70. The molecule has 0 saturated carbocycles. The zero-order valence-corrected chi connectivity index (χ0v) is 12.7. The fourth-order valence-corrected chi connectivity index (χ4v) is 2.57. The Morgan fingerprint density at radius 2 is 1.90 bits per heavy atom.